The molecule has 0 aliphatic rings. The third-order valence-corrected chi connectivity index (χ3v) is 2.54. The molecule has 12 heavy (non-hydrogen) atoms. The summed E-state index contributed by atoms with van der Waals surface area (Å²) < 4.78 is 0.871. The van der Waals surface area contributed by atoms with Gasteiger partial charge in [-0.05, 0) is 29.1 Å². The van der Waals surface area contributed by atoms with Gasteiger partial charge in [-0.25, -0.2) is 9.97 Å². The molecule has 1 atom stereocenters. The predicted octanol–water partition coefficient (Wildman–Crippen LogP) is 1.98. The zero-order valence-electron chi connectivity index (χ0n) is 6.91. The van der Waals surface area contributed by atoms with Crippen molar-refractivity contribution in [2.24, 2.45) is 5.73 Å². The molecule has 3 nitrogen and oxygen atoms in total. The van der Waals surface area contributed by atoms with Gasteiger partial charge in [-0.2, -0.15) is 0 Å². The van der Waals surface area contributed by atoms with E-state index in [2.05, 4.69) is 25.9 Å². The molecule has 0 aliphatic carbocycles. The second-order valence-corrected chi connectivity index (χ2v) is 4.01. The highest BCUT2D eigenvalue weighted by Gasteiger charge is 2.07. The third kappa shape index (κ3) is 2.18. The molecule has 1 aromatic rings. The van der Waals surface area contributed by atoms with E-state index in [1.807, 2.05) is 13.2 Å². The minimum atomic E-state index is -0.0618. The number of rotatable bonds is 2. The van der Waals surface area contributed by atoms with Gasteiger partial charge in [0, 0.05) is 12.2 Å². The lowest BCUT2D eigenvalue weighted by Crippen LogP contribution is -2.09. The Hall–Kier alpha value is -0.130. The Morgan fingerprint density at radius 2 is 2.33 bits per heavy atom. The molecule has 0 aromatic carbocycles. The first-order chi connectivity index (χ1) is 5.65. The van der Waals surface area contributed by atoms with Crippen molar-refractivity contribution in [3.63, 3.8) is 0 Å². The number of thioether (sulfide) groups is 1. The Bertz CT molecular complexity index is 277. The molecule has 0 saturated heterocycles. The van der Waals surface area contributed by atoms with Gasteiger partial charge < -0.3 is 5.73 Å². The first-order valence-corrected chi connectivity index (χ1v) is 5.49. The maximum absolute atomic E-state index is 5.71. The minimum Gasteiger partial charge on any atom is -0.323 e. The molecule has 0 saturated carbocycles. The summed E-state index contributed by atoms with van der Waals surface area (Å²) in [4.78, 5) is 8.36. The fraction of sp³-hybridized carbons (Fsp3) is 0.429. The van der Waals surface area contributed by atoms with Gasteiger partial charge in [0.1, 0.15) is 0 Å². The van der Waals surface area contributed by atoms with Crippen LogP contribution in [0.2, 0.25) is 0 Å². The fourth-order valence-electron chi connectivity index (χ4n) is 0.781. The molecule has 1 heterocycles. The topological polar surface area (TPSA) is 51.8 Å². The molecule has 1 rings (SSSR count). The van der Waals surface area contributed by atoms with Crippen molar-refractivity contribution in [3.05, 3.63) is 16.4 Å². The molecular weight excluding hydrogens is 238 g/mol. The van der Waals surface area contributed by atoms with E-state index in [-0.39, 0.29) is 6.04 Å². The molecule has 0 bridgehead atoms. The van der Waals surface area contributed by atoms with Crippen molar-refractivity contribution in [3.8, 4) is 0 Å². The summed E-state index contributed by atoms with van der Waals surface area (Å²) in [7, 11) is 0. The van der Waals surface area contributed by atoms with Crippen molar-refractivity contribution < 1.29 is 0 Å². The molecule has 66 valence electrons. The first-order valence-electron chi connectivity index (χ1n) is 3.47. The molecule has 0 aliphatic heterocycles. The number of aromatic nitrogens is 2. The van der Waals surface area contributed by atoms with Crippen LogP contribution in [-0.2, 0) is 0 Å². The zero-order chi connectivity index (χ0) is 9.14. The number of nitrogens with zero attached hydrogens (tertiary/aromatic N) is 2. The van der Waals surface area contributed by atoms with E-state index in [4.69, 9.17) is 5.73 Å². The lowest BCUT2D eigenvalue weighted by atomic mass is 10.2. The van der Waals surface area contributed by atoms with Gasteiger partial charge in [0.15, 0.2) is 5.16 Å². The molecule has 5 heteroatoms. The Morgan fingerprint density at radius 3 is 2.83 bits per heavy atom. The maximum Gasteiger partial charge on any atom is 0.187 e. The van der Waals surface area contributed by atoms with E-state index in [1.54, 1.807) is 6.20 Å². The highest BCUT2D eigenvalue weighted by molar-refractivity contribution is 9.10. The monoisotopic (exact) mass is 247 g/mol. The summed E-state index contributed by atoms with van der Waals surface area (Å²) >= 11 is 4.86. The van der Waals surface area contributed by atoms with Gasteiger partial charge in [0.2, 0.25) is 0 Å². The van der Waals surface area contributed by atoms with Crippen LogP contribution < -0.4 is 5.73 Å². The minimum absolute atomic E-state index is 0.0618. The Balaban J connectivity index is 3.08. The molecular formula is C7H10BrN3S. The molecule has 0 spiro atoms. The van der Waals surface area contributed by atoms with Crippen molar-refractivity contribution in [2.75, 3.05) is 6.26 Å². The van der Waals surface area contributed by atoms with Crippen molar-refractivity contribution in [1.82, 2.24) is 9.97 Å². The summed E-state index contributed by atoms with van der Waals surface area (Å²) in [5, 5.41) is 0.755. The van der Waals surface area contributed by atoms with Gasteiger partial charge >= 0.3 is 0 Å². The second-order valence-electron chi connectivity index (χ2n) is 2.38. The summed E-state index contributed by atoms with van der Waals surface area (Å²) in [6.45, 7) is 1.90. The highest BCUT2D eigenvalue weighted by Crippen LogP contribution is 2.20. The van der Waals surface area contributed by atoms with Crippen molar-refractivity contribution in [2.45, 2.75) is 18.1 Å². The number of nitrogens with two attached hydrogens (primary N) is 1. The Morgan fingerprint density at radius 1 is 1.67 bits per heavy atom. The van der Waals surface area contributed by atoms with Crippen LogP contribution in [0, 0.1) is 0 Å². The molecule has 0 amide bonds. The van der Waals surface area contributed by atoms with E-state index >= 15 is 0 Å². The van der Waals surface area contributed by atoms with Crippen LogP contribution in [0.1, 0.15) is 18.7 Å². The van der Waals surface area contributed by atoms with Crippen LogP contribution in [0.4, 0.5) is 0 Å². The van der Waals surface area contributed by atoms with Crippen LogP contribution in [0.3, 0.4) is 0 Å². The van der Waals surface area contributed by atoms with E-state index in [1.165, 1.54) is 11.8 Å². The summed E-state index contributed by atoms with van der Waals surface area (Å²) in [6.07, 6.45) is 3.67. The Labute approximate surface area is 84.3 Å². The molecule has 0 fully saturated rings. The maximum atomic E-state index is 5.71. The smallest absolute Gasteiger partial charge is 0.187 e. The predicted molar refractivity (Wildman–Crippen MR) is 54.1 cm³/mol. The molecule has 0 radical (unpaired) electrons. The average Bonchev–Trinajstić information content (AvgIpc) is 2.05. The highest BCUT2D eigenvalue weighted by atomic mass is 79.9. The second kappa shape index (κ2) is 4.20. The zero-order valence-corrected chi connectivity index (χ0v) is 9.32. The molecule has 2 N–H and O–H groups in total. The van der Waals surface area contributed by atoms with Gasteiger partial charge in [-0.3, -0.25) is 0 Å². The van der Waals surface area contributed by atoms with Gasteiger partial charge in [0.25, 0.3) is 0 Å². The quantitative estimate of drug-likeness (QED) is 0.642. The molecule has 1 aromatic heterocycles. The fourth-order valence-corrected chi connectivity index (χ4v) is 1.68. The summed E-state index contributed by atoms with van der Waals surface area (Å²) in [5.74, 6) is 0. The molecule has 1 unspecified atom stereocenters. The summed E-state index contributed by atoms with van der Waals surface area (Å²) in [5.41, 5.74) is 6.56. The normalized spacial score (nSPS) is 13.0. The van der Waals surface area contributed by atoms with Gasteiger partial charge in [-0.1, -0.05) is 11.8 Å². The lowest BCUT2D eigenvalue weighted by molar-refractivity contribution is 0.740. The van der Waals surface area contributed by atoms with Crippen LogP contribution in [0.15, 0.2) is 15.8 Å². The SMILES string of the molecule is CSc1ncc(Br)c(C(C)N)n1. The van der Waals surface area contributed by atoms with Gasteiger partial charge in [-0.15, -0.1) is 0 Å². The number of hydrogen-bond donors (Lipinski definition) is 1. The van der Waals surface area contributed by atoms with Crippen molar-refractivity contribution >= 4 is 27.7 Å². The van der Waals surface area contributed by atoms with Crippen LogP contribution >= 0.6 is 27.7 Å². The first kappa shape index (κ1) is 9.95. The average molecular weight is 248 g/mol. The van der Waals surface area contributed by atoms with Crippen molar-refractivity contribution in [1.29, 1.82) is 0 Å². The summed E-state index contributed by atoms with van der Waals surface area (Å²) in [6, 6.07) is -0.0618. The van der Waals surface area contributed by atoms with Gasteiger partial charge in [0.05, 0.1) is 10.2 Å². The standard InChI is InChI=1S/C7H10BrN3S/c1-4(9)6-5(8)3-10-7(11-6)12-2/h3-4H,9H2,1-2H3. The van der Waals surface area contributed by atoms with E-state index in [0.717, 1.165) is 15.3 Å². The van der Waals surface area contributed by atoms with Crippen LogP contribution in [-0.4, -0.2) is 16.2 Å². The van der Waals surface area contributed by atoms with E-state index < -0.39 is 0 Å². The lowest BCUT2D eigenvalue weighted by Gasteiger charge is -2.07. The van der Waals surface area contributed by atoms with E-state index in [0.29, 0.717) is 0 Å². The van der Waals surface area contributed by atoms with Crippen LogP contribution in [0.5, 0.6) is 0 Å². The van der Waals surface area contributed by atoms with Crippen LogP contribution in [0.25, 0.3) is 0 Å². The number of hydrogen-bond acceptors (Lipinski definition) is 4. The van der Waals surface area contributed by atoms with E-state index in [9.17, 15) is 0 Å². The largest absolute Gasteiger partial charge is 0.323 e. The third-order valence-electron chi connectivity index (χ3n) is 1.36. The number of halogens is 1. The Kier molecular flexibility index (Phi) is 3.49.